The molecule has 0 saturated carbocycles. The van der Waals surface area contributed by atoms with Crippen LogP contribution in [0, 0.1) is 0 Å². The van der Waals surface area contributed by atoms with Gasteiger partial charge in [-0.1, -0.05) is 0 Å². The Kier molecular flexibility index (Phi) is 5.26. The third-order valence-electron chi connectivity index (χ3n) is 7.33. The number of carbonyl (C=O) groups excluding carboxylic acids is 1. The van der Waals surface area contributed by atoms with Crippen molar-refractivity contribution in [3.05, 3.63) is 28.6 Å². The largest absolute Gasteiger partial charge is 0.475 e. The highest BCUT2D eigenvalue weighted by molar-refractivity contribution is 7.90. The van der Waals surface area contributed by atoms with E-state index in [4.69, 9.17) is 9.47 Å². The van der Waals surface area contributed by atoms with Crippen LogP contribution in [0.5, 0.6) is 5.88 Å². The lowest BCUT2D eigenvalue weighted by molar-refractivity contribution is -0.0687. The minimum absolute atomic E-state index is 0.0959. The quantitative estimate of drug-likeness (QED) is 0.634. The Morgan fingerprint density at radius 3 is 2.71 bits per heavy atom. The van der Waals surface area contributed by atoms with Gasteiger partial charge in [-0.05, 0) is 55.2 Å². The molecule has 1 unspecified atom stereocenters. The SMILES string of the molecule is COC1CN(C2COc3c(S(=O)(=O)NC(=O)Nc4nc5c(c6c4CCC6)CCC5)cnn3C2)C1. The Balaban J connectivity index is 1.16. The number of hydrogen-bond donors (Lipinski definition) is 2. The van der Waals surface area contributed by atoms with E-state index in [1.165, 1.54) is 22.0 Å². The highest BCUT2D eigenvalue weighted by Crippen LogP contribution is 2.36. The highest BCUT2D eigenvalue weighted by atomic mass is 32.2. The van der Waals surface area contributed by atoms with Gasteiger partial charge >= 0.3 is 6.03 Å². The molecular formula is C22H28N6O5S. The van der Waals surface area contributed by atoms with Gasteiger partial charge in [-0.15, -0.1) is 0 Å². The zero-order chi connectivity index (χ0) is 23.4. The van der Waals surface area contributed by atoms with Crippen LogP contribution in [0.1, 0.15) is 35.2 Å². The van der Waals surface area contributed by atoms with E-state index in [0.29, 0.717) is 19.0 Å². The number of amides is 2. The van der Waals surface area contributed by atoms with Crippen LogP contribution >= 0.6 is 0 Å². The molecule has 11 nitrogen and oxygen atoms in total. The lowest BCUT2D eigenvalue weighted by Crippen LogP contribution is -2.59. The number of rotatable bonds is 5. The van der Waals surface area contributed by atoms with Gasteiger partial charge in [-0.3, -0.25) is 10.2 Å². The second kappa shape index (κ2) is 8.21. The summed E-state index contributed by atoms with van der Waals surface area (Å²) in [6.45, 7) is 2.49. The second-order valence-electron chi connectivity index (χ2n) is 9.38. The van der Waals surface area contributed by atoms with Crippen LogP contribution < -0.4 is 14.8 Å². The van der Waals surface area contributed by atoms with E-state index in [2.05, 4.69) is 25.0 Å². The van der Waals surface area contributed by atoms with E-state index in [9.17, 15) is 13.2 Å². The number of fused-ring (bicyclic) bond motifs is 4. The maximum Gasteiger partial charge on any atom is 0.334 e. The molecule has 6 rings (SSSR count). The Morgan fingerprint density at radius 1 is 1.12 bits per heavy atom. The molecule has 2 aliphatic heterocycles. The molecule has 34 heavy (non-hydrogen) atoms. The molecule has 2 N–H and O–H groups in total. The van der Waals surface area contributed by atoms with Crippen molar-refractivity contribution in [1.29, 1.82) is 0 Å². The van der Waals surface area contributed by atoms with Crippen LogP contribution in [-0.2, 0) is 47.0 Å². The van der Waals surface area contributed by atoms with Crippen molar-refractivity contribution in [2.24, 2.45) is 0 Å². The zero-order valence-electron chi connectivity index (χ0n) is 19.0. The van der Waals surface area contributed by atoms with Crippen molar-refractivity contribution >= 4 is 21.9 Å². The number of sulfonamides is 1. The summed E-state index contributed by atoms with van der Waals surface area (Å²) in [4.78, 5) is 19.4. The highest BCUT2D eigenvalue weighted by Gasteiger charge is 2.38. The van der Waals surface area contributed by atoms with Gasteiger partial charge < -0.3 is 9.47 Å². The number of hydrogen-bond acceptors (Lipinski definition) is 8. The van der Waals surface area contributed by atoms with Crippen molar-refractivity contribution in [2.45, 2.75) is 62.1 Å². The smallest absolute Gasteiger partial charge is 0.334 e. The Bertz CT molecular complexity index is 1250. The summed E-state index contributed by atoms with van der Waals surface area (Å²) in [5.41, 5.74) is 4.66. The zero-order valence-corrected chi connectivity index (χ0v) is 19.9. The Morgan fingerprint density at radius 2 is 1.88 bits per heavy atom. The van der Waals surface area contributed by atoms with E-state index in [1.54, 1.807) is 7.11 Å². The number of ether oxygens (including phenoxy) is 2. The van der Waals surface area contributed by atoms with Crippen molar-refractivity contribution in [3.8, 4) is 5.88 Å². The van der Waals surface area contributed by atoms with Crippen molar-refractivity contribution in [1.82, 2.24) is 24.4 Å². The summed E-state index contributed by atoms with van der Waals surface area (Å²) in [6, 6.07) is -0.738. The molecule has 0 spiro atoms. The Labute approximate surface area is 197 Å². The van der Waals surface area contributed by atoms with Crippen LogP contribution in [0.4, 0.5) is 10.6 Å². The minimum atomic E-state index is -4.18. The first-order valence-electron chi connectivity index (χ1n) is 11.8. The molecule has 2 aromatic rings. The second-order valence-corrected chi connectivity index (χ2v) is 11.0. The summed E-state index contributed by atoms with van der Waals surface area (Å²) in [5.74, 6) is 0.623. The van der Waals surface area contributed by atoms with Crippen molar-refractivity contribution in [3.63, 3.8) is 0 Å². The van der Waals surface area contributed by atoms with Crippen LogP contribution in [0.3, 0.4) is 0 Å². The van der Waals surface area contributed by atoms with Crippen LogP contribution in [0.25, 0.3) is 0 Å². The fraction of sp³-hybridized carbons (Fsp3) is 0.591. The molecule has 2 aliphatic carbocycles. The molecule has 1 fully saturated rings. The maximum atomic E-state index is 13.0. The monoisotopic (exact) mass is 488 g/mol. The third kappa shape index (κ3) is 3.64. The van der Waals surface area contributed by atoms with Gasteiger partial charge in [-0.2, -0.15) is 5.10 Å². The number of urea groups is 1. The molecule has 4 aliphatic rings. The molecule has 4 heterocycles. The number of pyridine rings is 1. The van der Waals surface area contributed by atoms with Crippen LogP contribution in [-0.4, -0.2) is 73.1 Å². The molecule has 2 aromatic heterocycles. The standard InChI is InChI=1S/C22H28N6O5S/c1-32-14-10-27(11-14)13-9-28-21(33-12-13)19(8-23-28)34(30,31)26-22(29)25-20-17-6-2-4-15(17)16-5-3-7-18(16)24-20/h8,13-14H,2-7,9-12H2,1H3,(H2,24,25,26,29). The van der Waals surface area contributed by atoms with Gasteiger partial charge in [-0.25, -0.2) is 27.6 Å². The van der Waals surface area contributed by atoms with Crippen molar-refractivity contribution in [2.75, 3.05) is 32.1 Å². The van der Waals surface area contributed by atoms with Crippen LogP contribution in [0.2, 0.25) is 0 Å². The molecule has 2 amide bonds. The van der Waals surface area contributed by atoms with Gasteiger partial charge in [0.05, 0.1) is 24.9 Å². The summed E-state index contributed by atoms with van der Waals surface area (Å²) in [5, 5.41) is 6.89. The number of aryl methyl sites for hydroxylation is 1. The number of anilines is 1. The first-order chi connectivity index (χ1) is 16.4. The van der Waals surface area contributed by atoms with Gasteiger partial charge in [0.1, 0.15) is 12.4 Å². The first-order valence-corrected chi connectivity index (χ1v) is 13.2. The molecule has 182 valence electrons. The van der Waals surface area contributed by atoms with Gasteiger partial charge in [0.25, 0.3) is 10.0 Å². The molecule has 12 heteroatoms. The summed E-state index contributed by atoms with van der Waals surface area (Å²) >= 11 is 0. The topological polar surface area (TPSA) is 128 Å². The molecule has 0 radical (unpaired) electrons. The van der Waals surface area contributed by atoms with Crippen LogP contribution in [0.15, 0.2) is 11.1 Å². The number of nitrogens with one attached hydrogen (secondary N) is 2. The summed E-state index contributed by atoms with van der Waals surface area (Å²) in [7, 11) is -2.48. The third-order valence-corrected chi connectivity index (χ3v) is 8.65. The first kappa shape index (κ1) is 21.8. The fourth-order valence-corrected chi connectivity index (χ4v) is 6.50. The number of methoxy groups -OCH3 is 1. The predicted octanol–water partition coefficient (Wildman–Crippen LogP) is 0.858. The van der Waals surface area contributed by atoms with Crippen molar-refractivity contribution < 1.29 is 22.7 Å². The van der Waals surface area contributed by atoms with E-state index in [-0.39, 0.29) is 22.9 Å². The number of aromatic nitrogens is 3. The molecule has 1 saturated heterocycles. The van der Waals surface area contributed by atoms with Gasteiger partial charge in [0.15, 0.2) is 4.90 Å². The maximum absolute atomic E-state index is 13.0. The van der Waals surface area contributed by atoms with E-state index >= 15 is 0 Å². The van der Waals surface area contributed by atoms with E-state index < -0.39 is 16.1 Å². The number of nitrogens with zero attached hydrogens (tertiary/aromatic N) is 4. The average molecular weight is 489 g/mol. The number of carbonyl (C=O) groups is 1. The normalized spacial score (nSPS) is 21.9. The molecule has 0 bridgehead atoms. The lowest BCUT2D eigenvalue weighted by atomic mass is 10.0. The van der Waals surface area contributed by atoms with E-state index in [0.717, 1.165) is 62.9 Å². The molecular weight excluding hydrogens is 460 g/mol. The average Bonchev–Trinajstić information content (AvgIpc) is 3.50. The van der Waals surface area contributed by atoms with Gasteiger partial charge in [0.2, 0.25) is 5.88 Å². The summed E-state index contributed by atoms with van der Waals surface area (Å²) < 4.78 is 40.7. The minimum Gasteiger partial charge on any atom is -0.475 e. The van der Waals surface area contributed by atoms with E-state index in [1.807, 2.05) is 0 Å². The molecule has 0 aromatic carbocycles. The Hall–Kier alpha value is -2.70. The van der Waals surface area contributed by atoms with Gasteiger partial charge in [0, 0.05) is 25.9 Å². The number of likely N-dealkylation sites (tertiary alicyclic amines) is 1. The lowest BCUT2D eigenvalue weighted by Gasteiger charge is -2.44. The summed E-state index contributed by atoms with van der Waals surface area (Å²) in [6.07, 6.45) is 7.28. The fourth-order valence-electron chi connectivity index (χ4n) is 5.51. The molecule has 1 atom stereocenters. The predicted molar refractivity (Wildman–Crippen MR) is 122 cm³/mol.